The van der Waals surface area contributed by atoms with Crippen molar-refractivity contribution in [3.63, 3.8) is 0 Å². The fourth-order valence-electron chi connectivity index (χ4n) is 1.43. The fraction of sp³-hybridized carbons (Fsp3) is 0.500. The first-order valence-electron chi connectivity index (χ1n) is 4.89. The number of hydrogen-bond donors (Lipinski definition) is 0. The molecule has 0 N–H and O–H groups in total. The zero-order valence-corrected chi connectivity index (χ0v) is 10.4. The maximum Gasteiger partial charge on any atom is 0.0468 e. The van der Waals surface area contributed by atoms with E-state index in [-0.39, 0.29) is 0 Å². The van der Waals surface area contributed by atoms with E-state index < -0.39 is 0 Å². The average Bonchev–Trinajstić information content (AvgIpc) is 2.21. The van der Waals surface area contributed by atoms with Gasteiger partial charge in [0.05, 0.1) is 0 Å². The maximum atomic E-state index is 5.10. The topological polar surface area (TPSA) is 9.23 Å². The summed E-state index contributed by atoms with van der Waals surface area (Å²) in [6.07, 6.45) is 1.07. The van der Waals surface area contributed by atoms with Gasteiger partial charge in [-0.2, -0.15) is 0 Å². The largest absolute Gasteiger partial charge is 0.385 e. The monoisotopic (exact) mass is 256 g/mol. The average molecular weight is 257 g/mol. The predicted octanol–water partition coefficient (Wildman–Crippen LogP) is 3.51. The van der Waals surface area contributed by atoms with Gasteiger partial charge in [-0.05, 0) is 24.8 Å². The highest BCUT2D eigenvalue weighted by Crippen LogP contribution is 2.22. The van der Waals surface area contributed by atoms with Crippen LogP contribution in [-0.4, -0.2) is 19.0 Å². The van der Waals surface area contributed by atoms with Crippen LogP contribution in [0.2, 0.25) is 0 Å². The second-order valence-electron chi connectivity index (χ2n) is 3.54. The lowest BCUT2D eigenvalue weighted by Gasteiger charge is -2.13. The van der Waals surface area contributed by atoms with Crippen LogP contribution in [0.3, 0.4) is 0 Å². The molecule has 0 spiro atoms. The molecular formula is C12H17BrO. The molecule has 1 atom stereocenters. The molecule has 1 nitrogen and oxygen atoms in total. The van der Waals surface area contributed by atoms with Gasteiger partial charge < -0.3 is 4.74 Å². The van der Waals surface area contributed by atoms with E-state index in [1.165, 1.54) is 11.1 Å². The number of ether oxygens (including phenoxy) is 1. The van der Waals surface area contributed by atoms with Crippen LogP contribution < -0.4 is 0 Å². The quantitative estimate of drug-likeness (QED) is 0.733. The zero-order chi connectivity index (χ0) is 10.4. The molecule has 0 amide bonds. The van der Waals surface area contributed by atoms with E-state index in [9.17, 15) is 0 Å². The van der Waals surface area contributed by atoms with Crippen molar-refractivity contribution in [1.82, 2.24) is 0 Å². The summed E-state index contributed by atoms with van der Waals surface area (Å²) in [7, 11) is 1.75. The number of rotatable bonds is 5. The highest BCUT2D eigenvalue weighted by atomic mass is 79.9. The van der Waals surface area contributed by atoms with Crippen molar-refractivity contribution in [2.24, 2.45) is 0 Å². The van der Waals surface area contributed by atoms with Gasteiger partial charge in [0.1, 0.15) is 0 Å². The van der Waals surface area contributed by atoms with Gasteiger partial charge in [-0.25, -0.2) is 0 Å². The summed E-state index contributed by atoms with van der Waals surface area (Å²) < 4.78 is 5.10. The molecule has 1 aromatic rings. The Morgan fingerprint density at radius 3 is 2.43 bits per heavy atom. The Morgan fingerprint density at radius 1 is 1.29 bits per heavy atom. The lowest BCUT2D eigenvalue weighted by Crippen LogP contribution is -2.04. The fourth-order valence-corrected chi connectivity index (χ4v) is 2.13. The standard InChI is InChI=1S/C12H17BrO/c1-10-3-5-11(6-4-10)12(9-13)7-8-14-2/h3-6,12H,7-9H2,1-2H3. The minimum absolute atomic E-state index is 0.565. The third kappa shape index (κ3) is 3.43. The number of aryl methyl sites for hydroxylation is 1. The molecule has 1 unspecified atom stereocenters. The summed E-state index contributed by atoms with van der Waals surface area (Å²) in [6.45, 7) is 2.94. The third-order valence-electron chi connectivity index (χ3n) is 2.41. The van der Waals surface area contributed by atoms with Crippen LogP contribution in [0.4, 0.5) is 0 Å². The van der Waals surface area contributed by atoms with Gasteiger partial charge >= 0.3 is 0 Å². The van der Waals surface area contributed by atoms with Crippen LogP contribution in [0.5, 0.6) is 0 Å². The molecule has 0 heterocycles. The van der Waals surface area contributed by atoms with Gasteiger partial charge in [-0.1, -0.05) is 45.8 Å². The molecule has 1 aromatic carbocycles. The van der Waals surface area contributed by atoms with E-state index in [2.05, 4.69) is 47.1 Å². The summed E-state index contributed by atoms with van der Waals surface area (Å²) in [6, 6.07) is 8.74. The molecule has 1 rings (SSSR count). The van der Waals surface area contributed by atoms with Gasteiger partial charge in [-0.3, -0.25) is 0 Å². The Bertz CT molecular complexity index is 256. The first-order valence-corrected chi connectivity index (χ1v) is 6.01. The minimum Gasteiger partial charge on any atom is -0.385 e. The SMILES string of the molecule is COCCC(CBr)c1ccc(C)cc1. The highest BCUT2D eigenvalue weighted by Gasteiger charge is 2.08. The Balaban J connectivity index is 2.64. The molecule has 14 heavy (non-hydrogen) atoms. The van der Waals surface area contributed by atoms with Gasteiger partial charge in [0, 0.05) is 19.0 Å². The van der Waals surface area contributed by atoms with E-state index in [0.717, 1.165) is 18.4 Å². The van der Waals surface area contributed by atoms with E-state index in [1.807, 2.05) is 0 Å². The van der Waals surface area contributed by atoms with Crippen LogP contribution in [0.1, 0.15) is 23.5 Å². The lowest BCUT2D eigenvalue weighted by atomic mass is 9.97. The Labute approximate surface area is 94.6 Å². The molecule has 0 bridgehead atoms. The number of halogens is 1. The van der Waals surface area contributed by atoms with Gasteiger partial charge in [0.15, 0.2) is 0 Å². The molecule has 2 heteroatoms. The van der Waals surface area contributed by atoms with Crippen LogP contribution in [0.25, 0.3) is 0 Å². The van der Waals surface area contributed by atoms with Crippen LogP contribution >= 0.6 is 15.9 Å². The second-order valence-corrected chi connectivity index (χ2v) is 4.19. The molecule has 0 saturated heterocycles. The van der Waals surface area contributed by atoms with Gasteiger partial charge in [0.2, 0.25) is 0 Å². The number of methoxy groups -OCH3 is 1. The van der Waals surface area contributed by atoms with Crippen LogP contribution in [0, 0.1) is 6.92 Å². The van der Waals surface area contributed by atoms with Crippen LogP contribution in [0.15, 0.2) is 24.3 Å². The van der Waals surface area contributed by atoms with E-state index in [1.54, 1.807) is 7.11 Å². The van der Waals surface area contributed by atoms with Crippen molar-refractivity contribution in [3.8, 4) is 0 Å². The van der Waals surface area contributed by atoms with Gasteiger partial charge in [0.25, 0.3) is 0 Å². The summed E-state index contributed by atoms with van der Waals surface area (Å²) in [4.78, 5) is 0. The van der Waals surface area contributed by atoms with Crippen molar-refractivity contribution < 1.29 is 4.74 Å². The first-order chi connectivity index (χ1) is 6.77. The minimum atomic E-state index is 0.565. The summed E-state index contributed by atoms with van der Waals surface area (Å²) >= 11 is 3.55. The van der Waals surface area contributed by atoms with Crippen molar-refractivity contribution in [1.29, 1.82) is 0 Å². The number of hydrogen-bond acceptors (Lipinski definition) is 1. The van der Waals surface area contributed by atoms with Crippen molar-refractivity contribution in [2.45, 2.75) is 19.3 Å². The lowest BCUT2D eigenvalue weighted by molar-refractivity contribution is 0.190. The van der Waals surface area contributed by atoms with E-state index in [0.29, 0.717) is 5.92 Å². The first kappa shape index (κ1) is 11.7. The van der Waals surface area contributed by atoms with Crippen molar-refractivity contribution in [3.05, 3.63) is 35.4 Å². The summed E-state index contributed by atoms with van der Waals surface area (Å²) in [5.74, 6) is 0.565. The Morgan fingerprint density at radius 2 is 1.93 bits per heavy atom. The molecule has 0 aliphatic rings. The maximum absolute atomic E-state index is 5.10. The van der Waals surface area contributed by atoms with E-state index in [4.69, 9.17) is 4.74 Å². The summed E-state index contributed by atoms with van der Waals surface area (Å²) in [5.41, 5.74) is 2.71. The van der Waals surface area contributed by atoms with Crippen molar-refractivity contribution in [2.75, 3.05) is 19.0 Å². The molecule has 0 aliphatic carbocycles. The van der Waals surface area contributed by atoms with E-state index >= 15 is 0 Å². The number of alkyl halides is 1. The van der Waals surface area contributed by atoms with Gasteiger partial charge in [-0.15, -0.1) is 0 Å². The molecule has 0 radical (unpaired) electrons. The Hall–Kier alpha value is -0.340. The molecule has 0 aliphatic heterocycles. The zero-order valence-electron chi connectivity index (χ0n) is 8.79. The highest BCUT2D eigenvalue weighted by molar-refractivity contribution is 9.09. The predicted molar refractivity (Wildman–Crippen MR) is 64.2 cm³/mol. The second kappa shape index (κ2) is 6.20. The normalized spacial score (nSPS) is 12.8. The molecule has 78 valence electrons. The molecular weight excluding hydrogens is 240 g/mol. The molecule has 0 aromatic heterocycles. The smallest absolute Gasteiger partial charge is 0.0468 e. The number of benzene rings is 1. The molecule has 0 saturated carbocycles. The Kier molecular flexibility index (Phi) is 5.20. The van der Waals surface area contributed by atoms with Crippen molar-refractivity contribution >= 4 is 15.9 Å². The summed E-state index contributed by atoms with van der Waals surface area (Å²) in [5, 5.41) is 0.999. The third-order valence-corrected chi connectivity index (χ3v) is 3.19. The molecule has 0 fully saturated rings. The van der Waals surface area contributed by atoms with Crippen LogP contribution in [-0.2, 0) is 4.74 Å².